The number of amidine groups is 1. The minimum absolute atomic E-state index is 0.133. The van der Waals surface area contributed by atoms with Crippen molar-refractivity contribution in [3.63, 3.8) is 0 Å². The van der Waals surface area contributed by atoms with Crippen LogP contribution in [0.2, 0.25) is 0 Å². The summed E-state index contributed by atoms with van der Waals surface area (Å²) in [7, 11) is -3.48. The molecule has 9 nitrogen and oxygen atoms in total. The van der Waals surface area contributed by atoms with Crippen molar-refractivity contribution in [3.8, 4) is 11.4 Å². The molecule has 0 amide bonds. The van der Waals surface area contributed by atoms with Crippen molar-refractivity contribution in [1.82, 2.24) is 9.47 Å². The van der Waals surface area contributed by atoms with Gasteiger partial charge < -0.3 is 18.9 Å². The number of hydrogen-bond acceptors (Lipinski definition) is 7. The van der Waals surface area contributed by atoms with E-state index in [1.165, 1.54) is 18.4 Å². The third kappa shape index (κ3) is 4.81. The zero-order valence-electron chi connectivity index (χ0n) is 19.1. The Bertz CT molecular complexity index is 1330. The summed E-state index contributed by atoms with van der Waals surface area (Å²) >= 11 is 0. The molecule has 0 radical (unpaired) electrons. The maximum Gasteiger partial charge on any atom is 0.340 e. The van der Waals surface area contributed by atoms with Crippen LogP contribution in [0.25, 0.3) is 5.69 Å². The van der Waals surface area contributed by atoms with Crippen LogP contribution in [0.4, 0.5) is 0 Å². The van der Waals surface area contributed by atoms with Gasteiger partial charge in [0, 0.05) is 35.4 Å². The maximum atomic E-state index is 12.8. The van der Waals surface area contributed by atoms with Crippen LogP contribution in [0.5, 0.6) is 5.75 Å². The number of hydrogen-bond donors (Lipinski definition) is 0. The first-order valence-corrected chi connectivity index (χ1v) is 12.4. The highest BCUT2D eigenvalue weighted by atomic mass is 32.2. The highest BCUT2D eigenvalue weighted by molar-refractivity contribution is 7.90. The van der Waals surface area contributed by atoms with E-state index in [9.17, 15) is 18.0 Å². The van der Waals surface area contributed by atoms with Gasteiger partial charge in [-0.1, -0.05) is 0 Å². The largest absolute Gasteiger partial charge is 0.494 e. The third-order valence-electron chi connectivity index (χ3n) is 5.53. The molecule has 0 unspecified atom stereocenters. The normalized spacial score (nSPS) is 16.4. The van der Waals surface area contributed by atoms with Crippen LogP contribution >= 0.6 is 0 Å². The van der Waals surface area contributed by atoms with Gasteiger partial charge in [0.2, 0.25) is 5.78 Å². The smallest absolute Gasteiger partial charge is 0.340 e. The molecule has 0 N–H and O–H groups in total. The topological polar surface area (TPSA) is 107 Å². The number of aryl methyl sites for hydroxylation is 1. The fraction of sp³-hybridized carbons (Fsp3) is 0.292. The summed E-state index contributed by atoms with van der Waals surface area (Å²) in [6, 6.07) is 9.37. The van der Waals surface area contributed by atoms with Gasteiger partial charge in [0.25, 0.3) is 10.0 Å². The van der Waals surface area contributed by atoms with Crippen LogP contribution in [0.1, 0.15) is 28.7 Å². The SMILES string of the molecule is CCOc1ccc(-n2c(C)cc(C(=O)COC(=O)C3=CN4CCS(=O)(=O)N=C4C=C3)c2C)cc1. The molecule has 3 heterocycles. The number of aromatic nitrogens is 1. The molecule has 0 bridgehead atoms. The van der Waals surface area contributed by atoms with Crippen molar-refractivity contribution >= 4 is 27.6 Å². The van der Waals surface area contributed by atoms with Gasteiger partial charge in [-0.2, -0.15) is 0 Å². The Labute approximate surface area is 198 Å². The van der Waals surface area contributed by atoms with Gasteiger partial charge in [-0.05, 0) is 63.3 Å². The van der Waals surface area contributed by atoms with Crippen molar-refractivity contribution in [2.45, 2.75) is 20.8 Å². The Kier molecular flexibility index (Phi) is 6.43. The predicted molar refractivity (Wildman–Crippen MR) is 127 cm³/mol. The number of sulfonamides is 1. The van der Waals surface area contributed by atoms with E-state index in [4.69, 9.17) is 9.47 Å². The Morgan fingerprint density at radius 3 is 2.56 bits per heavy atom. The number of carbonyl (C=O) groups is 2. The van der Waals surface area contributed by atoms with E-state index in [1.54, 1.807) is 11.0 Å². The van der Waals surface area contributed by atoms with Crippen molar-refractivity contribution in [2.24, 2.45) is 4.40 Å². The molecule has 0 saturated carbocycles. The molecule has 0 atom stereocenters. The highest BCUT2D eigenvalue weighted by Crippen LogP contribution is 2.24. The van der Waals surface area contributed by atoms with E-state index in [0.717, 1.165) is 22.8 Å². The van der Waals surface area contributed by atoms with E-state index in [0.29, 0.717) is 12.2 Å². The Balaban J connectivity index is 1.44. The summed E-state index contributed by atoms with van der Waals surface area (Å²) in [5.74, 6) is -0.0954. The molecule has 1 aromatic carbocycles. The minimum atomic E-state index is -3.48. The number of fused-ring (bicyclic) bond motifs is 1. The van der Waals surface area contributed by atoms with Gasteiger partial charge in [-0.15, -0.1) is 4.40 Å². The fourth-order valence-corrected chi connectivity index (χ4v) is 4.88. The summed E-state index contributed by atoms with van der Waals surface area (Å²) in [6.45, 7) is 6.04. The van der Waals surface area contributed by atoms with Gasteiger partial charge in [-0.25, -0.2) is 13.2 Å². The number of Topliss-reactive ketones (excluding diaryl/α,β-unsaturated/α-hetero) is 1. The number of ketones is 1. The van der Waals surface area contributed by atoms with Crippen LogP contribution in [0, 0.1) is 13.8 Å². The quantitative estimate of drug-likeness (QED) is 0.440. The molecular weight excluding hydrogens is 458 g/mol. The van der Waals surface area contributed by atoms with E-state index in [1.807, 2.05) is 49.6 Å². The zero-order chi connectivity index (χ0) is 24.5. The lowest BCUT2D eigenvalue weighted by Gasteiger charge is -2.26. The van der Waals surface area contributed by atoms with Crippen molar-refractivity contribution in [2.75, 3.05) is 25.5 Å². The molecule has 2 aliphatic heterocycles. The molecule has 34 heavy (non-hydrogen) atoms. The number of ether oxygens (including phenoxy) is 2. The number of benzene rings is 1. The molecule has 0 spiro atoms. The van der Waals surface area contributed by atoms with Crippen molar-refractivity contribution in [1.29, 1.82) is 0 Å². The molecule has 0 aliphatic carbocycles. The summed E-state index contributed by atoms with van der Waals surface area (Å²) < 4.78 is 39.6. The monoisotopic (exact) mass is 483 g/mol. The molecule has 4 rings (SSSR count). The molecule has 178 valence electrons. The average Bonchev–Trinajstić information content (AvgIpc) is 3.11. The molecule has 2 aliphatic rings. The summed E-state index contributed by atoms with van der Waals surface area (Å²) in [6.07, 6.45) is 4.36. The predicted octanol–water partition coefficient (Wildman–Crippen LogP) is 2.72. The molecule has 10 heteroatoms. The second-order valence-electron chi connectivity index (χ2n) is 7.89. The minimum Gasteiger partial charge on any atom is -0.494 e. The first-order chi connectivity index (χ1) is 16.2. The van der Waals surface area contributed by atoms with Crippen molar-refractivity contribution < 1.29 is 27.5 Å². The summed E-state index contributed by atoms with van der Waals surface area (Å²) in [5.41, 5.74) is 3.21. The highest BCUT2D eigenvalue weighted by Gasteiger charge is 2.26. The summed E-state index contributed by atoms with van der Waals surface area (Å²) in [5, 5.41) is 0. The second kappa shape index (κ2) is 9.30. The van der Waals surface area contributed by atoms with Crippen LogP contribution in [0.3, 0.4) is 0 Å². The zero-order valence-corrected chi connectivity index (χ0v) is 20.0. The molecular formula is C24H25N3O6S. The lowest BCUT2D eigenvalue weighted by atomic mass is 10.1. The standard InChI is InChI=1S/C24H25N3O6S/c1-4-32-20-8-6-19(7-9-20)27-16(2)13-21(17(27)3)22(28)15-33-24(29)18-5-10-23-25-34(30,31)12-11-26(23)14-18/h5-10,13-14H,4,11-12,15H2,1-3H3. The maximum absolute atomic E-state index is 12.8. The van der Waals surface area contributed by atoms with Crippen LogP contribution in [-0.4, -0.2) is 61.0 Å². The van der Waals surface area contributed by atoms with Crippen LogP contribution in [0.15, 0.2) is 58.7 Å². The summed E-state index contributed by atoms with van der Waals surface area (Å²) in [4.78, 5) is 26.9. The number of esters is 1. The fourth-order valence-electron chi connectivity index (χ4n) is 3.91. The van der Waals surface area contributed by atoms with Gasteiger partial charge in [-0.3, -0.25) is 4.79 Å². The van der Waals surface area contributed by atoms with E-state index < -0.39 is 22.6 Å². The Hall–Kier alpha value is -3.66. The van der Waals surface area contributed by atoms with Crippen LogP contribution < -0.4 is 4.74 Å². The lowest BCUT2D eigenvalue weighted by Crippen LogP contribution is -2.37. The molecule has 0 saturated heterocycles. The first-order valence-electron chi connectivity index (χ1n) is 10.8. The average molecular weight is 484 g/mol. The molecule has 1 aromatic heterocycles. The van der Waals surface area contributed by atoms with Gasteiger partial charge in [0.1, 0.15) is 11.6 Å². The Morgan fingerprint density at radius 2 is 1.85 bits per heavy atom. The Morgan fingerprint density at radius 1 is 1.12 bits per heavy atom. The molecule has 0 fully saturated rings. The first kappa shape index (κ1) is 23.5. The van der Waals surface area contributed by atoms with E-state index in [2.05, 4.69) is 4.40 Å². The second-order valence-corrected chi connectivity index (χ2v) is 9.65. The van der Waals surface area contributed by atoms with Gasteiger partial charge in [0.05, 0.1) is 17.9 Å². The van der Waals surface area contributed by atoms with E-state index >= 15 is 0 Å². The van der Waals surface area contributed by atoms with E-state index in [-0.39, 0.29) is 29.5 Å². The van der Waals surface area contributed by atoms with Gasteiger partial charge in [0.15, 0.2) is 6.61 Å². The van der Waals surface area contributed by atoms with Gasteiger partial charge >= 0.3 is 5.97 Å². The third-order valence-corrected chi connectivity index (χ3v) is 6.70. The van der Waals surface area contributed by atoms with Crippen LogP contribution in [-0.2, 0) is 19.6 Å². The van der Waals surface area contributed by atoms with Crippen molar-refractivity contribution in [3.05, 3.63) is 71.2 Å². The lowest BCUT2D eigenvalue weighted by molar-refractivity contribution is -0.137. The number of nitrogens with zero attached hydrogens (tertiary/aromatic N) is 3. The molecule has 2 aromatic rings. The number of carbonyl (C=O) groups excluding carboxylic acids is 2. The number of rotatable bonds is 7.